The summed E-state index contributed by atoms with van der Waals surface area (Å²) in [4.78, 5) is 3.95. The third-order valence-corrected chi connectivity index (χ3v) is 6.82. The number of sulfonamides is 1. The smallest absolute Gasteiger partial charge is 0.240 e. The van der Waals surface area contributed by atoms with Crippen LogP contribution in [0.4, 0.5) is 0 Å². The summed E-state index contributed by atoms with van der Waals surface area (Å²) in [5, 5.41) is 22.4. The van der Waals surface area contributed by atoms with Gasteiger partial charge in [-0.3, -0.25) is 0 Å². The zero-order valence-corrected chi connectivity index (χ0v) is 19.1. The second-order valence-electron chi connectivity index (χ2n) is 8.20. The summed E-state index contributed by atoms with van der Waals surface area (Å²) in [6.07, 6.45) is 7.08. The summed E-state index contributed by atoms with van der Waals surface area (Å²) in [7, 11) is -3.77. The zero-order valence-electron chi connectivity index (χ0n) is 18.3. The molecule has 1 aromatic heterocycles. The van der Waals surface area contributed by atoms with Crippen LogP contribution in [0.25, 0.3) is 0 Å². The minimum atomic E-state index is -3.77. The minimum Gasteiger partial charge on any atom is -0.504 e. The molecule has 172 valence electrons. The Morgan fingerprint density at radius 2 is 1.78 bits per heavy atom. The number of hydrogen-bond donors (Lipinski definition) is 4. The average molecular weight is 459 g/mol. The van der Waals surface area contributed by atoms with Gasteiger partial charge >= 0.3 is 0 Å². The van der Waals surface area contributed by atoms with E-state index in [1.807, 2.05) is 24.7 Å². The van der Waals surface area contributed by atoms with E-state index >= 15 is 0 Å². The van der Waals surface area contributed by atoms with Crippen LogP contribution in [0.2, 0.25) is 0 Å². The zero-order chi connectivity index (χ0) is 23.2. The van der Waals surface area contributed by atoms with Crippen molar-refractivity contribution in [1.82, 2.24) is 19.6 Å². The molecule has 3 rings (SSSR count). The topological polar surface area (TPSA) is 116 Å². The first-order chi connectivity index (χ1) is 15.2. The minimum absolute atomic E-state index is 0.0935. The largest absolute Gasteiger partial charge is 0.504 e. The summed E-state index contributed by atoms with van der Waals surface area (Å²) in [6.45, 7) is 6.29. The fourth-order valence-corrected chi connectivity index (χ4v) is 4.41. The second kappa shape index (κ2) is 10.2. The maximum atomic E-state index is 12.4. The van der Waals surface area contributed by atoms with Crippen LogP contribution >= 0.6 is 0 Å². The van der Waals surface area contributed by atoms with E-state index in [9.17, 15) is 18.6 Å². The fraction of sp³-hybridized carbons (Fsp3) is 0.348. The van der Waals surface area contributed by atoms with Crippen LogP contribution in [0.1, 0.15) is 31.4 Å². The molecule has 0 aliphatic rings. The molecule has 0 aliphatic heterocycles. The van der Waals surface area contributed by atoms with Gasteiger partial charge < -0.3 is 20.1 Å². The molecule has 0 unspecified atom stereocenters. The van der Waals surface area contributed by atoms with Gasteiger partial charge in [0.1, 0.15) is 0 Å². The quantitative estimate of drug-likeness (QED) is 0.259. The molecular formula is C23H30N4O4S. The normalized spacial score (nSPS) is 12.2. The molecule has 3 aromatic rings. The highest BCUT2D eigenvalue weighted by Gasteiger charge is 2.19. The van der Waals surface area contributed by atoms with Crippen molar-refractivity contribution in [2.24, 2.45) is 0 Å². The third-order valence-electron chi connectivity index (χ3n) is 5.36. The number of nitrogens with zero attached hydrogens (tertiary/aromatic N) is 2. The van der Waals surface area contributed by atoms with Crippen LogP contribution in [0, 0.1) is 0 Å². The molecule has 0 radical (unpaired) electrons. The van der Waals surface area contributed by atoms with E-state index in [0.717, 1.165) is 42.8 Å². The Morgan fingerprint density at radius 1 is 1.03 bits per heavy atom. The first-order valence-electron chi connectivity index (χ1n) is 10.5. The Balaban J connectivity index is 1.48. The molecule has 32 heavy (non-hydrogen) atoms. The van der Waals surface area contributed by atoms with Crippen molar-refractivity contribution in [2.45, 2.75) is 43.7 Å². The Morgan fingerprint density at radius 3 is 2.44 bits per heavy atom. The SMILES string of the molecule is CC(C)(NCCCn1ccnc1)c1ccc(CCNS(=O)(=O)c2ccc(O)c(O)c2)cc1. The van der Waals surface area contributed by atoms with Crippen molar-refractivity contribution in [3.63, 3.8) is 0 Å². The van der Waals surface area contributed by atoms with E-state index in [1.54, 1.807) is 6.20 Å². The summed E-state index contributed by atoms with van der Waals surface area (Å²) in [5.74, 6) is -0.832. The van der Waals surface area contributed by atoms with Gasteiger partial charge in [-0.15, -0.1) is 0 Å². The van der Waals surface area contributed by atoms with Crippen LogP contribution in [-0.2, 0) is 28.5 Å². The maximum Gasteiger partial charge on any atom is 0.240 e. The van der Waals surface area contributed by atoms with Crippen LogP contribution in [-0.4, -0.2) is 41.3 Å². The number of nitrogens with one attached hydrogen (secondary N) is 2. The van der Waals surface area contributed by atoms with E-state index in [0.29, 0.717) is 6.42 Å². The highest BCUT2D eigenvalue weighted by molar-refractivity contribution is 7.89. The molecule has 0 spiro atoms. The van der Waals surface area contributed by atoms with Crippen LogP contribution in [0.3, 0.4) is 0 Å². The highest BCUT2D eigenvalue weighted by Crippen LogP contribution is 2.27. The van der Waals surface area contributed by atoms with Crippen LogP contribution in [0.5, 0.6) is 11.5 Å². The van der Waals surface area contributed by atoms with Gasteiger partial charge in [0.15, 0.2) is 11.5 Å². The predicted molar refractivity (Wildman–Crippen MR) is 123 cm³/mol. The lowest BCUT2D eigenvalue weighted by molar-refractivity contribution is 0.393. The monoisotopic (exact) mass is 458 g/mol. The van der Waals surface area contributed by atoms with Gasteiger partial charge in [-0.1, -0.05) is 24.3 Å². The Kier molecular flexibility index (Phi) is 7.55. The van der Waals surface area contributed by atoms with Crippen LogP contribution < -0.4 is 10.0 Å². The van der Waals surface area contributed by atoms with Crippen molar-refractivity contribution in [1.29, 1.82) is 0 Å². The number of phenolic OH excluding ortho intramolecular Hbond substituents is 2. The summed E-state index contributed by atoms with van der Waals surface area (Å²) < 4.78 is 29.3. The van der Waals surface area contributed by atoms with E-state index < -0.39 is 15.8 Å². The van der Waals surface area contributed by atoms with Gasteiger partial charge in [-0.2, -0.15) is 0 Å². The highest BCUT2D eigenvalue weighted by atomic mass is 32.2. The number of rotatable bonds is 11. The van der Waals surface area contributed by atoms with Crippen molar-refractivity contribution >= 4 is 10.0 Å². The van der Waals surface area contributed by atoms with Crippen molar-refractivity contribution in [3.05, 3.63) is 72.3 Å². The van der Waals surface area contributed by atoms with E-state index in [2.05, 4.69) is 45.6 Å². The standard InChI is InChI=1S/C23H30N4O4S/c1-23(2,25-11-3-14-27-15-13-24-17-27)19-6-4-18(5-7-19)10-12-26-32(30,31)20-8-9-21(28)22(29)16-20/h4-9,13,15-17,25-26,28-29H,3,10-12,14H2,1-2H3. The summed E-state index contributed by atoms with van der Waals surface area (Å²) in [6, 6.07) is 11.6. The van der Waals surface area contributed by atoms with Gasteiger partial charge in [0.25, 0.3) is 0 Å². The average Bonchev–Trinajstić information content (AvgIpc) is 3.27. The fourth-order valence-electron chi connectivity index (χ4n) is 3.36. The molecule has 0 fully saturated rings. The number of imidazole rings is 1. The third kappa shape index (κ3) is 6.32. The Hall–Kier alpha value is -2.88. The first kappa shape index (κ1) is 23.8. The van der Waals surface area contributed by atoms with Gasteiger partial charge in [0, 0.05) is 37.1 Å². The number of benzene rings is 2. The number of hydrogen-bond acceptors (Lipinski definition) is 6. The molecular weight excluding hydrogens is 428 g/mol. The van der Waals surface area contributed by atoms with Gasteiger partial charge in [-0.25, -0.2) is 18.1 Å². The lowest BCUT2D eigenvalue weighted by atomic mass is 9.93. The van der Waals surface area contributed by atoms with Crippen LogP contribution in [0.15, 0.2) is 66.1 Å². The lowest BCUT2D eigenvalue weighted by Crippen LogP contribution is -2.37. The summed E-state index contributed by atoms with van der Waals surface area (Å²) in [5.41, 5.74) is 1.99. The molecule has 1 heterocycles. The molecule has 0 bridgehead atoms. The lowest BCUT2D eigenvalue weighted by Gasteiger charge is -2.27. The Labute approximate surface area is 189 Å². The molecule has 4 N–H and O–H groups in total. The number of aromatic hydroxyl groups is 2. The summed E-state index contributed by atoms with van der Waals surface area (Å²) >= 11 is 0. The first-order valence-corrected chi connectivity index (χ1v) is 12.0. The number of aryl methyl sites for hydroxylation is 1. The van der Waals surface area contributed by atoms with Crippen molar-refractivity contribution in [3.8, 4) is 11.5 Å². The predicted octanol–water partition coefficient (Wildman–Crippen LogP) is 2.73. The molecule has 8 nitrogen and oxygen atoms in total. The second-order valence-corrected chi connectivity index (χ2v) is 9.97. The van der Waals surface area contributed by atoms with Gasteiger partial charge in [-0.05, 0) is 56.5 Å². The van der Waals surface area contributed by atoms with E-state index in [-0.39, 0.29) is 22.7 Å². The van der Waals surface area contributed by atoms with Gasteiger partial charge in [0.2, 0.25) is 10.0 Å². The number of aromatic nitrogens is 2. The number of phenols is 2. The Bertz CT molecular complexity index is 1110. The van der Waals surface area contributed by atoms with Crippen molar-refractivity contribution in [2.75, 3.05) is 13.1 Å². The molecule has 0 aliphatic carbocycles. The molecule has 0 saturated heterocycles. The molecule has 0 amide bonds. The molecule has 2 aromatic carbocycles. The molecule has 0 atom stereocenters. The van der Waals surface area contributed by atoms with E-state index in [1.165, 1.54) is 6.07 Å². The van der Waals surface area contributed by atoms with Gasteiger partial charge in [0.05, 0.1) is 11.2 Å². The van der Waals surface area contributed by atoms with E-state index in [4.69, 9.17) is 0 Å². The molecule has 9 heteroatoms. The van der Waals surface area contributed by atoms with Crippen molar-refractivity contribution < 1.29 is 18.6 Å². The molecule has 0 saturated carbocycles. The maximum absolute atomic E-state index is 12.4.